The monoisotopic (exact) mass is 1480 g/mol. The molecular weight excluding hydrogens is 1420 g/mol. The number of esters is 4. The first-order chi connectivity index (χ1) is 46.3. The lowest BCUT2D eigenvalue weighted by Gasteiger charge is -2.08. The molecule has 0 aliphatic rings. The normalized spacial score (nSPS) is 10.1. The SMILES string of the molecule is COC(=O)c1ccc(CC(=O)CCc2cc(C)nn2-c2cccc(Cl)c2)cc1Cl.COC(=O)c1ccc(CC(C)=O)cc1Cl.COC(=O)c1ccc(N)cc1Cl.COC(=O)c1ccc([N+](=O)[O-])cc1Cl.Cc1cc(CN)n(-c2cccc(Cl)c2)n1.O=C(O)c1ccc([N+](=O)[O-])cc1Cl. The number of non-ortho nitro benzene ring substituents is 2. The number of rotatable bonds is 17. The molecule has 0 bridgehead atoms. The molecule has 5 N–H and O–H groups in total. The summed E-state index contributed by atoms with van der Waals surface area (Å²) < 4.78 is 21.8. The van der Waals surface area contributed by atoms with Crippen molar-refractivity contribution in [1.29, 1.82) is 0 Å². The number of hydrogen-bond donors (Lipinski definition) is 3. The zero-order chi connectivity index (χ0) is 73.1. The number of nitro groups is 2. The van der Waals surface area contributed by atoms with Gasteiger partial charge < -0.3 is 35.5 Å². The van der Waals surface area contributed by atoms with Crippen molar-refractivity contribution in [1.82, 2.24) is 19.6 Å². The van der Waals surface area contributed by atoms with E-state index in [0.717, 1.165) is 69.5 Å². The van der Waals surface area contributed by atoms with E-state index in [1.807, 2.05) is 77.8 Å². The summed E-state index contributed by atoms with van der Waals surface area (Å²) in [5.41, 5.74) is 19.2. The molecule has 98 heavy (non-hydrogen) atoms. The molecule has 9 rings (SSSR count). The van der Waals surface area contributed by atoms with E-state index in [1.54, 1.807) is 48.5 Å². The Balaban J connectivity index is 0.000000259. The molecule has 2 aromatic heterocycles. The maximum absolute atomic E-state index is 12.5. The van der Waals surface area contributed by atoms with E-state index in [1.165, 1.54) is 59.6 Å². The summed E-state index contributed by atoms with van der Waals surface area (Å²) in [7, 11) is 5.10. The lowest BCUT2D eigenvalue weighted by molar-refractivity contribution is -0.385. The lowest BCUT2D eigenvalue weighted by atomic mass is 10.0. The van der Waals surface area contributed by atoms with E-state index >= 15 is 0 Å². The lowest BCUT2D eigenvalue weighted by Crippen LogP contribution is -2.08. The van der Waals surface area contributed by atoms with Crippen LogP contribution in [0, 0.1) is 34.1 Å². The molecule has 0 saturated heterocycles. The largest absolute Gasteiger partial charge is 0.478 e. The van der Waals surface area contributed by atoms with Gasteiger partial charge in [-0.3, -0.25) is 29.8 Å². The second-order valence-electron chi connectivity index (χ2n) is 20.1. The van der Waals surface area contributed by atoms with E-state index in [4.69, 9.17) is 97.8 Å². The molecule has 0 atom stereocenters. The van der Waals surface area contributed by atoms with Crippen LogP contribution in [0.1, 0.15) is 99.0 Å². The number of benzene rings is 7. The summed E-state index contributed by atoms with van der Waals surface area (Å²) >= 11 is 40.9. The third-order valence-corrected chi connectivity index (χ3v) is 14.9. The minimum absolute atomic E-state index is 0.00560. The van der Waals surface area contributed by atoms with Crippen molar-refractivity contribution < 1.29 is 67.5 Å². The Hall–Kier alpha value is -9.76. The van der Waals surface area contributed by atoms with Crippen LogP contribution in [-0.2, 0) is 54.3 Å². The number of Topliss-reactive ketones (excluding diaryl/α,β-unsaturated/α-hetero) is 2. The maximum Gasteiger partial charge on any atom is 0.339 e. The molecule has 0 fully saturated rings. The van der Waals surface area contributed by atoms with Gasteiger partial charge in [-0.2, -0.15) is 10.2 Å². The number of aromatic nitrogens is 4. The number of anilines is 1. The van der Waals surface area contributed by atoms with Crippen molar-refractivity contribution in [3.63, 3.8) is 0 Å². The number of nitrogens with two attached hydrogens (primary N) is 2. The van der Waals surface area contributed by atoms with Gasteiger partial charge in [0.05, 0.1) is 120 Å². The second kappa shape index (κ2) is 39.5. The number of aromatic carboxylic acids is 1. The molecule has 9 aromatic rings. The summed E-state index contributed by atoms with van der Waals surface area (Å²) in [4.78, 5) is 98.0. The van der Waals surface area contributed by atoms with Gasteiger partial charge in [0.2, 0.25) is 0 Å². The number of carbonyl (C=O) groups excluding carboxylic acids is 6. The van der Waals surface area contributed by atoms with Crippen LogP contribution in [0.25, 0.3) is 11.4 Å². The van der Waals surface area contributed by atoms with Gasteiger partial charge >= 0.3 is 29.8 Å². The zero-order valence-electron chi connectivity index (χ0n) is 53.0. The smallest absolute Gasteiger partial charge is 0.339 e. The Morgan fingerprint density at radius 1 is 0.490 bits per heavy atom. The predicted molar refractivity (Wildman–Crippen MR) is 373 cm³/mol. The first-order valence-corrected chi connectivity index (χ1v) is 30.9. The van der Waals surface area contributed by atoms with Gasteiger partial charge in [0.15, 0.2) is 0 Å². The number of carboxylic acids is 1. The van der Waals surface area contributed by atoms with Crippen LogP contribution < -0.4 is 11.5 Å². The van der Waals surface area contributed by atoms with Gasteiger partial charge in [-0.25, -0.2) is 33.3 Å². The van der Waals surface area contributed by atoms with Crippen LogP contribution in [0.4, 0.5) is 17.1 Å². The molecular formula is C67H61Cl7N8O16. The summed E-state index contributed by atoms with van der Waals surface area (Å²) in [6, 6.07) is 40.1. The first-order valence-electron chi connectivity index (χ1n) is 28.3. The Kier molecular flexibility index (Phi) is 32.5. The molecule has 7 aromatic carbocycles. The number of halogens is 7. The van der Waals surface area contributed by atoms with Crippen molar-refractivity contribution in [2.75, 3.05) is 34.2 Å². The van der Waals surface area contributed by atoms with E-state index in [9.17, 15) is 53.8 Å². The topological polar surface area (TPSA) is 351 Å². The molecule has 31 heteroatoms. The molecule has 24 nitrogen and oxygen atoms in total. The number of methoxy groups -OCH3 is 4. The van der Waals surface area contributed by atoms with E-state index in [0.29, 0.717) is 62.7 Å². The fourth-order valence-electron chi connectivity index (χ4n) is 8.34. The summed E-state index contributed by atoms with van der Waals surface area (Å²) in [5, 5.41) is 40.1. The van der Waals surface area contributed by atoms with E-state index < -0.39 is 39.7 Å². The van der Waals surface area contributed by atoms with Gasteiger partial charge in [0.1, 0.15) is 11.6 Å². The second-order valence-corrected chi connectivity index (χ2v) is 23.0. The highest BCUT2D eigenvalue weighted by Gasteiger charge is 2.19. The van der Waals surface area contributed by atoms with Crippen LogP contribution in [0.5, 0.6) is 0 Å². The minimum atomic E-state index is -1.21. The summed E-state index contributed by atoms with van der Waals surface area (Å²) in [5.74, 6) is -3.14. The zero-order valence-corrected chi connectivity index (χ0v) is 58.3. The molecule has 0 aliphatic heterocycles. The van der Waals surface area contributed by atoms with Crippen molar-refractivity contribution in [3.05, 3.63) is 269 Å². The Labute approximate surface area is 596 Å². The molecule has 0 amide bonds. The summed E-state index contributed by atoms with van der Waals surface area (Å²) in [6.07, 6.45) is 1.48. The number of nitrogen functional groups attached to an aromatic ring is 1. The van der Waals surface area contributed by atoms with Gasteiger partial charge in [-0.05, 0) is 141 Å². The number of nitro benzene ring substituents is 2. The minimum Gasteiger partial charge on any atom is -0.478 e. The van der Waals surface area contributed by atoms with Gasteiger partial charge in [-0.1, -0.05) is 105 Å². The quantitative estimate of drug-likeness (QED) is 0.0251. The number of ether oxygens (including phenoxy) is 4. The molecule has 514 valence electrons. The average molecular weight is 1480 g/mol. The number of hydrogen-bond acceptors (Lipinski definition) is 19. The molecule has 0 unspecified atom stereocenters. The van der Waals surface area contributed by atoms with E-state index in [2.05, 4.69) is 29.1 Å². The number of ketones is 2. The Morgan fingerprint density at radius 2 is 0.857 bits per heavy atom. The number of aryl methyl sites for hydroxylation is 3. The fourth-order valence-corrected chi connectivity index (χ4v) is 10.0. The summed E-state index contributed by atoms with van der Waals surface area (Å²) in [6.45, 7) is 5.83. The van der Waals surface area contributed by atoms with Crippen LogP contribution >= 0.6 is 81.2 Å². The highest BCUT2D eigenvalue weighted by molar-refractivity contribution is 6.35. The van der Waals surface area contributed by atoms with Crippen LogP contribution in [0.15, 0.2) is 152 Å². The number of nitrogens with zero attached hydrogens (tertiary/aromatic N) is 6. The maximum atomic E-state index is 12.5. The first kappa shape index (κ1) is 80.7. The van der Waals surface area contributed by atoms with Crippen molar-refractivity contribution in [2.45, 2.75) is 53.0 Å². The number of carbonyl (C=O) groups is 7. The highest BCUT2D eigenvalue weighted by Crippen LogP contribution is 2.27. The van der Waals surface area contributed by atoms with Crippen LogP contribution in [-0.4, -0.2) is 104 Å². The Morgan fingerprint density at radius 3 is 1.21 bits per heavy atom. The molecule has 0 saturated carbocycles. The molecule has 0 spiro atoms. The fraction of sp³-hybridized carbons (Fsp3) is 0.179. The van der Waals surface area contributed by atoms with Crippen LogP contribution in [0.2, 0.25) is 35.2 Å². The third-order valence-electron chi connectivity index (χ3n) is 12.9. The molecule has 2 heterocycles. The Bertz CT molecular complexity index is 4390. The van der Waals surface area contributed by atoms with Gasteiger partial charge in [0.25, 0.3) is 11.4 Å². The van der Waals surface area contributed by atoms with Crippen molar-refractivity contribution in [2.24, 2.45) is 5.73 Å². The highest BCUT2D eigenvalue weighted by atomic mass is 35.5. The molecule has 0 radical (unpaired) electrons. The van der Waals surface area contributed by atoms with Gasteiger partial charge in [0, 0.05) is 71.5 Å². The predicted octanol–water partition coefficient (Wildman–Crippen LogP) is 15.3. The van der Waals surface area contributed by atoms with Crippen LogP contribution in [0.3, 0.4) is 0 Å². The van der Waals surface area contributed by atoms with Crippen molar-refractivity contribution in [3.8, 4) is 11.4 Å². The average Bonchev–Trinajstić information content (AvgIpc) is 1.62. The van der Waals surface area contributed by atoms with Crippen molar-refractivity contribution >= 4 is 140 Å². The third kappa shape index (κ3) is 25.0. The standard InChI is InChI=1S/C22H20Cl2N2O3.C11H12ClN3.C11H11ClO3.C8H6ClNO4.C8H8ClNO2.C7H4ClNO4/c1-14-10-18(26(25-14)17-5-3-4-16(23)13-17)7-8-19(27)11-15-6-9-20(21(24)12-15)22(28)29-2;1-8-5-11(7-13)15(14-8)10-4-2-3-9(12)6-10;1-7(13)5-8-3-4-9(10(12)6-8)11(14)15-2;1-14-8(11)6-3-2-5(10(12)13)4-7(6)9;1-12-8(11)6-3-2-5(10)4-7(6)9;8-6-3-4(9(12)13)1-2-5(6)7(10)11/h3-6,9-10,12-13H,7-8,11H2,1-2H3;2-6H,7,13H2,1H3;3-4,6H,5H2,1-2H3;2-4H,1H3;2-4H,10H2,1H3;1-3H,(H,10,11). The molecule has 0 aliphatic carbocycles. The van der Waals surface area contributed by atoms with E-state index in [-0.39, 0.29) is 61.1 Å². The van der Waals surface area contributed by atoms with Gasteiger partial charge in [-0.15, -0.1) is 0 Å². The number of carboxylic acid groups (broad SMARTS) is 1.